The number of nitriles is 1. The van der Waals surface area contributed by atoms with Crippen molar-refractivity contribution in [2.24, 2.45) is 11.8 Å². The number of nitrogens with zero attached hydrogens (tertiary/aromatic N) is 4. The van der Waals surface area contributed by atoms with Gasteiger partial charge < -0.3 is 4.90 Å². The lowest BCUT2D eigenvalue weighted by Crippen LogP contribution is -2.39. The van der Waals surface area contributed by atoms with Crippen molar-refractivity contribution in [1.29, 1.82) is 5.26 Å². The average molecular weight is 473 g/mol. The molecule has 3 heterocycles. The zero-order valence-electron chi connectivity index (χ0n) is 19.6. The number of aromatic nitrogens is 1. The maximum Gasteiger partial charge on any atom is 0.270 e. The van der Waals surface area contributed by atoms with E-state index in [2.05, 4.69) is 31.7 Å². The second kappa shape index (κ2) is 10.2. The molecular formula is C24H32N4O2S2. The molecule has 1 aromatic heterocycles. The zero-order chi connectivity index (χ0) is 23.6. The van der Waals surface area contributed by atoms with E-state index in [1.807, 2.05) is 19.9 Å². The number of thioether (sulfide) groups is 1. The molecule has 0 unspecified atom stereocenters. The van der Waals surface area contributed by atoms with Crippen molar-refractivity contribution in [3.05, 3.63) is 31.9 Å². The number of anilines is 1. The number of carbonyl (C=O) groups excluding carboxylic acids is 1. The van der Waals surface area contributed by atoms with Crippen LogP contribution in [0.15, 0.2) is 9.70 Å². The quantitative estimate of drug-likeness (QED) is 0.447. The Labute approximate surface area is 200 Å². The van der Waals surface area contributed by atoms with Gasteiger partial charge in [0.1, 0.15) is 21.8 Å². The summed E-state index contributed by atoms with van der Waals surface area (Å²) < 4.78 is 2.30. The van der Waals surface area contributed by atoms with Crippen molar-refractivity contribution >= 4 is 46.1 Å². The van der Waals surface area contributed by atoms with Gasteiger partial charge in [-0.05, 0) is 49.7 Å². The standard InChI is InChI=1S/C24H32N4O2S2/c1-6-9-27-21(26-10-7-16(4)8-11-26)18(17(5)19(13-25)22(27)29)12-20-23(30)28(14-15(2)3)24(31)32-20/h12,15-16H,6-11,14H2,1-5H3/b20-12-. The lowest BCUT2D eigenvalue weighted by atomic mass is 9.97. The summed E-state index contributed by atoms with van der Waals surface area (Å²) >= 11 is 6.78. The molecule has 1 amide bonds. The Balaban J connectivity index is 2.20. The summed E-state index contributed by atoms with van der Waals surface area (Å²) in [5, 5.41) is 9.75. The third kappa shape index (κ3) is 4.79. The topological polar surface area (TPSA) is 69.3 Å². The van der Waals surface area contributed by atoms with E-state index >= 15 is 0 Å². The minimum absolute atomic E-state index is 0.0990. The molecule has 2 saturated heterocycles. The van der Waals surface area contributed by atoms with Crippen LogP contribution in [-0.4, -0.2) is 39.3 Å². The minimum Gasteiger partial charge on any atom is -0.357 e. The lowest BCUT2D eigenvalue weighted by molar-refractivity contribution is -0.122. The first-order valence-electron chi connectivity index (χ1n) is 11.4. The highest BCUT2D eigenvalue weighted by molar-refractivity contribution is 8.26. The van der Waals surface area contributed by atoms with Crippen LogP contribution in [0.3, 0.4) is 0 Å². The highest BCUT2D eigenvalue weighted by Gasteiger charge is 2.33. The van der Waals surface area contributed by atoms with Crippen LogP contribution in [-0.2, 0) is 11.3 Å². The van der Waals surface area contributed by atoms with Gasteiger partial charge in [-0.2, -0.15) is 5.26 Å². The lowest BCUT2D eigenvalue weighted by Gasteiger charge is -2.35. The first-order chi connectivity index (χ1) is 15.2. The van der Waals surface area contributed by atoms with Crippen LogP contribution in [0.25, 0.3) is 6.08 Å². The van der Waals surface area contributed by atoms with E-state index in [0.717, 1.165) is 43.7 Å². The van der Waals surface area contributed by atoms with Crippen LogP contribution in [0.4, 0.5) is 5.82 Å². The smallest absolute Gasteiger partial charge is 0.270 e. The summed E-state index contributed by atoms with van der Waals surface area (Å²) in [7, 11) is 0. The number of amides is 1. The molecule has 2 aliphatic rings. The summed E-state index contributed by atoms with van der Waals surface area (Å²) in [6, 6.07) is 2.11. The number of rotatable bonds is 6. The number of piperidine rings is 1. The van der Waals surface area contributed by atoms with Gasteiger partial charge in [0.25, 0.3) is 11.5 Å². The van der Waals surface area contributed by atoms with Gasteiger partial charge >= 0.3 is 0 Å². The molecule has 0 aliphatic carbocycles. The fourth-order valence-electron chi connectivity index (χ4n) is 4.29. The average Bonchev–Trinajstić information content (AvgIpc) is 3.00. The molecule has 2 fully saturated rings. The van der Waals surface area contributed by atoms with Crippen molar-refractivity contribution in [3.8, 4) is 6.07 Å². The number of thiocarbonyl (C=S) groups is 1. The highest BCUT2D eigenvalue weighted by atomic mass is 32.2. The van der Waals surface area contributed by atoms with E-state index in [4.69, 9.17) is 12.2 Å². The molecule has 0 saturated carbocycles. The van der Waals surface area contributed by atoms with Crippen molar-refractivity contribution in [1.82, 2.24) is 9.47 Å². The Morgan fingerprint density at radius 2 is 1.94 bits per heavy atom. The third-order valence-electron chi connectivity index (χ3n) is 6.07. The number of pyridine rings is 1. The maximum absolute atomic E-state index is 13.2. The third-order valence-corrected chi connectivity index (χ3v) is 7.45. The van der Waals surface area contributed by atoms with Crippen molar-refractivity contribution in [2.45, 2.75) is 60.4 Å². The largest absolute Gasteiger partial charge is 0.357 e. The van der Waals surface area contributed by atoms with E-state index in [0.29, 0.717) is 39.7 Å². The van der Waals surface area contributed by atoms with Gasteiger partial charge in [0.15, 0.2) is 0 Å². The summed E-state index contributed by atoms with van der Waals surface area (Å²) in [5.41, 5.74) is 1.32. The minimum atomic E-state index is -0.245. The van der Waals surface area contributed by atoms with E-state index in [1.54, 1.807) is 9.47 Å². The number of hydrogen-bond donors (Lipinski definition) is 0. The van der Waals surface area contributed by atoms with Crippen LogP contribution in [0.1, 0.15) is 63.6 Å². The molecule has 0 N–H and O–H groups in total. The van der Waals surface area contributed by atoms with Crippen LogP contribution >= 0.6 is 24.0 Å². The number of carbonyl (C=O) groups is 1. The molecule has 6 nitrogen and oxygen atoms in total. The van der Waals surface area contributed by atoms with Gasteiger partial charge in [-0.25, -0.2) is 0 Å². The molecule has 0 aromatic carbocycles. The van der Waals surface area contributed by atoms with Crippen molar-refractivity contribution in [3.63, 3.8) is 0 Å². The molecule has 0 spiro atoms. The second-order valence-corrected chi connectivity index (χ2v) is 10.8. The first-order valence-corrected chi connectivity index (χ1v) is 12.6. The molecule has 32 heavy (non-hydrogen) atoms. The molecule has 3 rings (SSSR count). The highest BCUT2D eigenvalue weighted by Crippen LogP contribution is 2.37. The number of hydrogen-bond acceptors (Lipinski definition) is 6. The molecule has 0 atom stereocenters. The molecule has 0 radical (unpaired) electrons. The Kier molecular flexibility index (Phi) is 7.84. The summed E-state index contributed by atoms with van der Waals surface area (Å²) in [6.45, 7) is 13.0. The van der Waals surface area contributed by atoms with Gasteiger partial charge in [0, 0.05) is 31.7 Å². The van der Waals surface area contributed by atoms with Crippen LogP contribution in [0.2, 0.25) is 0 Å². The Morgan fingerprint density at radius 1 is 1.28 bits per heavy atom. The first kappa shape index (κ1) is 24.5. The predicted octanol–water partition coefficient (Wildman–Crippen LogP) is 4.53. The van der Waals surface area contributed by atoms with Crippen LogP contribution < -0.4 is 10.5 Å². The Hall–Kier alpha value is -2.11. The molecule has 172 valence electrons. The van der Waals surface area contributed by atoms with E-state index in [9.17, 15) is 14.9 Å². The summed E-state index contributed by atoms with van der Waals surface area (Å²) in [6.07, 6.45) is 4.74. The van der Waals surface area contributed by atoms with E-state index in [-0.39, 0.29) is 17.0 Å². The Morgan fingerprint density at radius 3 is 2.50 bits per heavy atom. The molecule has 8 heteroatoms. The fraction of sp³-hybridized carbons (Fsp3) is 0.583. The summed E-state index contributed by atoms with van der Waals surface area (Å²) in [4.78, 5) is 30.8. The van der Waals surface area contributed by atoms with Gasteiger partial charge in [-0.3, -0.25) is 19.1 Å². The van der Waals surface area contributed by atoms with Crippen LogP contribution in [0, 0.1) is 30.1 Å². The predicted molar refractivity (Wildman–Crippen MR) is 136 cm³/mol. The molecule has 1 aromatic rings. The maximum atomic E-state index is 13.2. The normalized spacial score (nSPS) is 18.8. The van der Waals surface area contributed by atoms with Gasteiger partial charge in [0.05, 0.1) is 4.91 Å². The fourth-order valence-corrected chi connectivity index (χ4v) is 5.55. The summed E-state index contributed by atoms with van der Waals surface area (Å²) in [5.74, 6) is 1.68. The monoisotopic (exact) mass is 472 g/mol. The zero-order valence-corrected chi connectivity index (χ0v) is 21.2. The van der Waals surface area contributed by atoms with Crippen molar-refractivity contribution in [2.75, 3.05) is 24.5 Å². The molecular weight excluding hydrogens is 440 g/mol. The van der Waals surface area contributed by atoms with Crippen LogP contribution in [0.5, 0.6) is 0 Å². The Bertz CT molecular complexity index is 1040. The van der Waals surface area contributed by atoms with E-state index in [1.165, 1.54) is 11.8 Å². The second-order valence-electron chi connectivity index (χ2n) is 9.16. The van der Waals surface area contributed by atoms with Gasteiger partial charge in [-0.1, -0.05) is 51.7 Å². The van der Waals surface area contributed by atoms with Gasteiger partial charge in [0.2, 0.25) is 0 Å². The molecule has 2 aliphatic heterocycles. The van der Waals surface area contributed by atoms with Gasteiger partial charge in [-0.15, -0.1) is 0 Å². The van der Waals surface area contributed by atoms with Crippen molar-refractivity contribution < 1.29 is 4.79 Å². The van der Waals surface area contributed by atoms with E-state index < -0.39 is 0 Å². The SMILES string of the molecule is CCCn1c(N2CCC(C)CC2)c(/C=C2\SC(=S)N(CC(C)C)C2=O)c(C)c(C#N)c1=O. The molecule has 0 bridgehead atoms.